The van der Waals surface area contributed by atoms with Crippen LogP contribution < -0.4 is 11.1 Å². The number of H-pyrrole nitrogens is 1. The molecule has 0 aliphatic heterocycles. The van der Waals surface area contributed by atoms with Crippen molar-refractivity contribution < 1.29 is 4.79 Å². The molecule has 1 heterocycles. The largest absolute Gasteiger partial charge is 0.399 e. The van der Waals surface area contributed by atoms with E-state index in [4.69, 9.17) is 5.73 Å². The maximum absolute atomic E-state index is 12.3. The van der Waals surface area contributed by atoms with Gasteiger partial charge in [-0.3, -0.25) is 4.79 Å². The summed E-state index contributed by atoms with van der Waals surface area (Å²) in [6.45, 7) is 0. The van der Waals surface area contributed by atoms with E-state index in [9.17, 15) is 4.79 Å². The third-order valence-corrected chi connectivity index (χ3v) is 3.74. The van der Waals surface area contributed by atoms with Crippen molar-refractivity contribution in [3.05, 3.63) is 58.7 Å². The third kappa shape index (κ3) is 2.40. The topological polar surface area (TPSA) is 70.9 Å². The molecule has 0 fully saturated rings. The van der Waals surface area contributed by atoms with Gasteiger partial charge in [0.1, 0.15) is 0 Å². The predicted molar refractivity (Wildman–Crippen MR) is 84.8 cm³/mol. The molecular formula is C15H12BrN3O. The molecule has 100 valence electrons. The quantitative estimate of drug-likeness (QED) is 0.626. The average molecular weight is 330 g/mol. The summed E-state index contributed by atoms with van der Waals surface area (Å²) >= 11 is 3.36. The molecule has 1 amide bonds. The normalized spacial score (nSPS) is 10.7. The molecule has 0 aliphatic rings. The van der Waals surface area contributed by atoms with Crippen LogP contribution in [0.3, 0.4) is 0 Å². The van der Waals surface area contributed by atoms with Gasteiger partial charge >= 0.3 is 0 Å². The molecule has 4 nitrogen and oxygen atoms in total. The zero-order valence-corrected chi connectivity index (χ0v) is 12.1. The fourth-order valence-electron chi connectivity index (χ4n) is 2.05. The van der Waals surface area contributed by atoms with Gasteiger partial charge in [-0.1, -0.05) is 0 Å². The molecule has 1 aromatic heterocycles. The van der Waals surface area contributed by atoms with Gasteiger partial charge in [0, 0.05) is 32.9 Å². The minimum atomic E-state index is -0.195. The number of anilines is 2. The summed E-state index contributed by atoms with van der Waals surface area (Å²) in [5.74, 6) is -0.195. The van der Waals surface area contributed by atoms with E-state index in [0.29, 0.717) is 15.7 Å². The van der Waals surface area contributed by atoms with Crippen LogP contribution in [0.4, 0.5) is 11.4 Å². The van der Waals surface area contributed by atoms with Crippen LogP contribution in [0.1, 0.15) is 10.4 Å². The van der Waals surface area contributed by atoms with Crippen LogP contribution in [0.5, 0.6) is 0 Å². The van der Waals surface area contributed by atoms with Gasteiger partial charge in [-0.05, 0) is 58.4 Å². The maximum Gasteiger partial charge on any atom is 0.256 e. The lowest BCUT2D eigenvalue weighted by Gasteiger charge is -2.08. The fraction of sp³-hybridized carbons (Fsp3) is 0. The third-order valence-electron chi connectivity index (χ3n) is 3.05. The van der Waals surface area contributed by atoms with Gasteiger partial charge in [-0.2, -0.15) is 0 Å². The van der Waals surface area contributed by atoms with E-state index in [1.165, 1.54) is 0 Å². The molecule has 20 heavy (non-hydrogen) atoms. The Kier molecular flexibility index (Phi) is 3.20. The molecule has 4 N–H and O–H groups in total. The molecule has 0 radical (unpaired) electrons. The van der Waals surface area contributed by atoms with Crippen LogP contribution in [0, 0.1) is 0 Å². The van der Waals surface area contributed by atoms with Crippen molar-refractivity contribution in [2.75, 3.05) is 11.1 Å². The van der Waals surface area contributed by atoms with Gasteiger partial charge < -0.3 is 16.0 Å². The Hall–Kier alpha value is -2.27. The van der Waals surface area contributed by atoms with E-state index in [1.807, 2.05) is 30.5 Å². The van der Waals surface area contributed by atoms with Crippen LogP contribution in [-0.4, -0.2) is 10.9 Å². The van der Waals surface area contributed by atoms with Gasteiger partial charge in [-0.25, -0.2) is 0 Å². The average Bonchev–Trinajstić information content (AvgIpc) is 2.89. The number of nitrogens with two attached hydrogens (primary N) is 1. The van der Waals surface area contributed by atoms with Gasteiger partial charge in [-0.15, -0.1) is 0 Å². The molecule has 5 heteroatoms. The second kappa shape index (κ2) is 5.02. The molecule has 0 spiro atoms. The van der Waals surface area contributed by atoms with E-state index in [0.717, 1.165) is 16.6 Å². The highest BCUT2D eigenvalue weighted by molar-refractivity contribution is 9.10. The second-order valence-corrected chi connectivity index (χ2v) is 5.33. The maximum atomic E-state index is 12.3. The van der Waals surface area contributed by atoms with Crippen molar-refractivity contribution in [1.29, 1.82) is 0 Å². The minimum absolute atomic E-state index is 0.195. The molecule has 0 saturated heterocycles. The van der Waals surface area contributed by atoms with Crippen molar-refractivity contribution in [1.82, 2.24) is 4.98 Å². The Labute approximate surface area is 124 Å². The minimum Gasteiger partial charge on any atom is -0.399 e. The van der Waals surface area contributed by atoms with Crippen LogP contribution in [-0.2, 0) is 0 Å². The first kappa shape index (κ1) is 12.7. The van der Waals surface area contributed by atoms with E-state index >= 15 is 0 Å². The summed E-state index contributed by atoms with van der Waals surface area (Å²) in [5, 5.41) is 3.92. The van der Waals surface area contributed by atoms with Crippen LogP contribution in [0.2, 0.25) is 0 Å². The number of hydrogen-bond acceptors (Lipinski definition) is 2. The lowest BCUT2D eigenvalue weighted by Crippen LogP contribution is -2.12. The first-order valence-electron chi connectivity index (χ1n) is 6.07. The highest BCUT2D eigenvalue weighted by Gasteiger charge is 2.11. The number of carbonyl (C=O) groups is 1. The van der Waals surface area contributed by atoms with Crippen LogP contribution in [0.25, 0.3) is 10.9 Å². The predicted octanol–water partition coefficient (Wildman–Crippen LogP) is 3.76. The number of halogens is 1. The first-order chi connectivity index (χ1) is 9.63. The SMILES string of the molecule is Nc1ccc(Br)c(C(=O)Nc2ccc3[nH]ccc3c2)c1. The summed E-state index contributed by atoms with van der Waals surface area (Å²) in [6.07, 6.45) is 1.87. The molecule has 0 atom stereocenters. The van der Waals surface area contributed by atoms with E-state index in [1.54, 1.807) is 18.2 Å². The Morgan fingerprint density at radius 2 is 2.00 bits per heavy atom. The Morgan fingerprint density at radius 1 is 1.15 bits per heavy atom. The summed E-state index contributed by atoms with van der Waals surface area (Å²) in [5.41, 5.74) is 8.56. The van der Waals surface area contributed by atoms with Crippen molar-refractivity contribution in [3.8, 4) is 0 Å². The molecule has 0 unspecified atom stereocenters. The van der Waals surface area contributed by atoms with Gasteiger partial charge in [0.2, 0.25) is 0 Å². The number of benzene rings is 2. The molecule has 3 rings (SSSR count). The summed E-state index contributed by atoms with van der Waals surface area (Å²) in [6, 6.07) is 12.8. The lowest BCUT2D eigenvalue weighted by atomic mass is 10.1. The van der Waals surface area contributed by atoms with Crippen molar-refractivity contribution in [2.45, 2.75) is 0 Å². The van der Waals surface area contributed by atoms with E-state index < -0.39 is 0 Å². The Balaban J connectivity index is 1.89. The van der Waals surface area contributed by atoms with Gasteiger partial charge in [0.15, 0.2) is 0 Å². The molecule has 0 bridgehead atoms. The number of amides is 1. The smallest absolute Gasteiger partial charge is 0.256 e. The van der Waals surface area contributed by atoms with Crippen molar-refractivity contribution in [2.24, 2.45) is 0 Å². The van der Waals surface area contributed by atoms with Crippen LogP contribution >= 0.6 is 15.9 Å². The monoisotopic (exact) mass is 329 g/mol. The number of nitrogen functional groups attached to an aromatic ring is 1. The number of nitrogens with one attached hydrogen (secondary N) is 2. The Morgan fingerprint density at radius 3 is 2.85 bits per heavy atom. The number of aromatic amines is 1. The zero-order chi connectivity index (χ0) is 14.1. The summed E-state index contributed by atoms with van der Waals surface area (Å²) < 4.78 is 0.715. The number of hydrogen-bond donors (Lipinski definition) is 3. The number of fused-ring (bicyclic) bond motifs is 1. The van der Waals surface area contributed by atoms with Gasteiger partial charge in [0.25, 0.3) is 5.91 Å². The second-order valence-electron chi connectivity index (χ2n) is 4.47. The van der Waals surface area contributed by atoms with E-state index in [2.05, 4.69) is 26.2 Å². The molecule has 3 aromatic rings. The highest BCUT2D eigenvalue weighted by Crippen LogP contribution is 2.22. The van der Waals surface area contributed by atoms with Crippen LogP contribution in [0.15, 0.2) is 53.1 Å². The van der Waals surface area contributed by atoms with Crippen molar-refractivity contribution >= 4 is 44.1 Å². The zero-order valence-electron chi connectivity index (χ0n) is 10.5. The number of rotatable bonds is 2. The summed E-state index contributed by atoms with van der Waals surface area (Å²) in [7, 11) is 0. The highest BCUT2D eigenvalue weighted by atomic mass is 79.9. The van der Waals surface area contributed by atoms with Crippen molar-refractivity contribution in [3.63, 3.8) is 0 Å². The fourth-order valence-corrected chi connectivity index (χ4v) is 2.47. The van der Waals surface area contributed by atoms with E-state index in [-0.39, 0.29) is 5.91 Å². The Bertz CT molecular complexity index is 795. The lowest BCUT2D eigenvalue weighted by molar-refractivity contribution is 0.102. The van der Waals surface area contributed by atoms with Gasteiger partial charge in [0.05, 0.1) is 5.56 Å². The molecule has 2 aromatic carbocycles. The standard InChI is InChI=1S/C15H12BrN3O/c16-13-3-1-10(17)8-12(13)15(20)19-11-2-4-14-9(7-11)5-6-18-14/h1-8,18H,17H2,(H,19,20). The number of carbonyl (C=O) groups excluding carboxylic acids is 1. The molecule has 0 saturated carbocycles. The summed E-state index contributed by atoms with van der Waals surface area (Å²) in [4.78, 5) is 15.4. The number of aromatic nitrogens is 1. The first-order valence-corrected chi connectivity index (χ1v) is 6.86. The molecular weight excluding hydrogens is 318 g/mol. The molecule has 0 aliphatic carbocycles.